The van der Waals surface area contributed by atoms with Crippen LogP contribution in [0.25, 0.3) is 83.6 Å². The molecule has 8 aromatic carbocycles. The molecule has 352 valence electrons. The second-order valence-electron chi connectivity index (χ2n) is 19.2. The molecule has 0 spiro atoms. The third kappa shape index (κ3) is 9.19. The van der Waals surface area contributed by atoms with Crippen LogP contribution in [-0.4, -0.2) is 14.1 Å². The minimum absolute atomic E-state index is 0. The average Bonchev–Trinajstić information content (AvgIpc) is 2.10. The molecule has 3 aromatic heterocycles. The van der Waals surface area contributed by atoms with Gasteiger partial charge < -0.3 is 13.9 Å². The molecule has 0 saturated heterocycles. The van der Waals surface area contributed by atoms with E-state index in [0.29, 0.717) is 17.3 Å². The Bertz CT molecular complexity index is 4300. The van der Waals surface area contributed by atoms with E-state index in [9.17, 15) is 0 Å². The molecule has 0 bridgehead atoms. The van der Waals surface area contributed by atoms with Crippen LogP contribution in [0.1, 0.15) is 76.1 Å². The van der Waals surface area contributed by atoms with E-state index >= 15 is 0 Å². The van der Waals surface area contributed by atoms with Crippen molar-refractivity contribution in [2.75, 3.05) is 0 Å². The molecular weight excluding hydrogens is 1050 g/mol. The smallest absolute Gasteiger partial charge is 0.267 e. The number of imidazole rings is 1. The Labute approximate surface area is 450 Å². The number of benzene rings is 8. The summed E-state index contributed by atoms with van der Waals surface area (Å²) in [6.07, 6.45) is 6.71. The first-order valence-corrected chi connectivity index (χ1v) is 23.0. The summed E-state index contributed by atoms with van der Waals surface area (Å²) in [4.78, 5) is 4.89. The largest absolute Gasteiger partial charge is 0.510 e. The summed E-state index contributed by atoms with van der Waals surface area (Å²) in [7, 11) is 0. The van der Waals surface area contributed by atoms with Crippen molar-refractivity contribution in [1.29, 1.82) is 0 Å². The molecule has 11 aromatic rings. The molecule has 0 aliphatic carbocycles. The van der Waals surface area contributed by atoms with Gasteiger partial charge >= 0.3 is 0 Å². The zero-order valence-electron chi connectivity index (χ0n) is 52.8. The SMILES string of the molecule is [2H]c1c([2H])c([2H])c(-c2cccc(-c3c([2H])c([2H])c([2H])c([2H])c3[2H])c2-[n+]2[c-]n(-c3[c-]c(Oc4[c-]c5c(cc4)c4cc(-c6ccc(C(C)(C)C)cc6)ccc4n5-c4cc(C(C)(C)C)ccn4)ccc3)cc2-c2ccccc2C([2H])([2H])[2H])c([2H])c1[2H].[Pt]. The molecule has 0 amide bonds. The van der Waals surface area contributed by atoms with Crippen LogP contribution in [0, 0.1) is 25.3 Å². The van der Waals surface area contributed by atoms with Crippen molar-refractivity contribution >= 4 is 21.8 Å². The molecule has 71 heavy (non-hydrogen) atoms. The topological polar surface area (TPSA) is 35.9 Å². The fourth-order valence-corrected chi connectivity index (χ4v) is 8.84. The van der Waals surface area contributed by atoms with Gasteiger partial charge in [0.05, 0.1) is 25.1 Å². The second kappa shape index (κ2) is 19.0. The number of rotatable bonds is 9. The summed E-state index contributed by atoms with van der Waals surface area (Å²) < 4.78 is 126. The summed E-state index contributed by atoms with van der Waals surface area (Å²) in [5.41, 5.74) is 6.00. The van der Waals surface area contributed by atoms with Crippen molar-refractivity contribution in [2.45, 2.75) is 59.2 Å². The van der Waals surface area contributed by atoms with Gasteiger partial charge in [0.2, 0.25) is 0 Å². The van der Waals surface area contributed by atoms with Gasteiger partial charge in [-0.15, -0.1) is 29.7 Å². The summed E-state index contributed by atoms with van der Waals surface area (Å²) in [6, 6.07) is 39.8. The number of hydrogen-bond acceptors (Lipinski definition) is 2. The van der Waals surface area contributed by atoms with E-state index in [1.807, 2.05) is 24.4 Å². The van der Waals surface area contributed by atoms with E-state index in [1.165, 1.54) is 39.0 Å². The number of aryl methyl sites for hydroxylation is 1. The first kappa shape index (κ1) is 33.9. The number of pyridine rings is 1. The molecule has 0 unspecified atom stereocenters. The van der Waals surface area contributed by atoms with Gasteiger partial charge in [-0.2, -0.15) is 18.2 Å². The molecular formula is C65H54N4OPt-2. The van der Waals surface area contributed by atoms with E-state index in [2.05, 4.69) is 113 Å². The molecule has 0 N–H and O–H groups in total. The predicted molar refractivity (Wildman–Crippen MR) is 286 cm³/mol. The number of nitrogens with zero attached hydrogens (tertiary/aromatic N) is 4. The van der Waals surface area contributed by atoms with Gasteiger partial charge in [0, 0.05) is 54.6 Å². The molecule has 6 heteroatoms. The van der Waals surface area contributed by atoms with E-state index in [-0.39, 0.29) is 82.4 Å². The maximum absolute atomic E-state index is 9.14. The van der Waals surface area contributed by atoms with Gasteiger partial charge in [0.1, 0.15) is 5.82 Å². The molecule has 0 radical (unpaired) electrons. The van der Waals surface area contributed by atoms with E-state index in [0.717, 1.165) is 38.5 Å². The summed E-state index contributed by atoms with van der Waals surface area (Å²) in [5.74, 6) is 1.32. The van der Waals surface area contributed by atoms with E-state index in [1.54, 1.807) is 42.6 Å². The monoisotopic (exact) mass is 1110 g/mol. The van der Waals surface area contributed by atoms with E-state index in [4.69, 9.17) is 27.5 Å². The second-order valence-corrected chi connectivity index (χ2v) is 19.2. The van der Waals surface area contributed by atoms with Crippen molar-refractivity contribution in [3.8, 4) is 73.3 Å². The zero-order valence-corrected chi connectivity index (χ0v) is 42.1. The Morgan fingerprint density at radius 3 is 1.93 bits per heavy atom. The maximum Gasteiger partial charge on any atom is 0.267 e. The van der Waals surface area contributed by atoms with Gasteiger partial charge in [-0.3, -0.25) is 4.57 Å². The van der Waals surface area contributed by atoms with Crippen molar-refractivity contribution < 1.29 is 48.2 Å². The molecule has 5 nitrogen and oxygen atoms in total. The zero-order chi connectivity index (χ0) is 59.4. The Balaban J connectivity index is 0.00000786. The Morgan fingerprint density at radius 2 is 1.24 bits per heavy atom. The molecule has 0 aliphatic rings. The number of fused-ring (bicyclic) bond motifs is 3. The molecule has 0 saturated carbocycles. The number of ether oxygens (including phenoxy) is 1. The molecule has 0 atom stereocenters. The minimum Gasteiger partial charge on any atom is -0.510 e. The quantitative estimate of drug-likeness (QED) is 0.107. The van der Waals surface area contributed by atoms with Crippen LogP contribution < -0.4 is 9.30 Å². The Morgan fingerprint density at radius 1 is 0.592 bits per heavy atom. The first-order valence-electron chi connectivity index (χ1n) is 29.5. The van der Waals surface area contributed by atoms with Gasteiger partial charge in [0.15, 0.2) is 0 Å². The van der Waals surface area contributed by atoms with Gasteiger partial charge in [-0.25, -0.2) is 4.98 Å². The third-order valence-corrected chi connectivity index (χ3v) is 12.5. The number of aromatic nitrogens is 4. The van der Waals surface area contributed by atoms with Gasteiger partial charge in [0.25, 0.3) is 6.33 Å². The van der Waals surface area contributed by atoms with Crippen LogP contribution in [0.2, 0.25) is 0 Å². The molecule has 0 aliphatic heterocycles. The first-order chi connectivity index (χ1) is 39.2. The Hall–Kier alpha value is -7.59. The number of hydrogen-bond donors (Lipinski definition) is 0. The van der Waals surface area contributed by atoms with Crippen LogP contribution in [0.3, 0.4) is 0 Å². The van der Waals surface area contributed by atoms with Crippen molar-refractivity contribution in [2.24, 2.45) is 0 Å². The summed E-state index contributed by atoms with van der Waals surface area (Å²) >= 11 is 0. The van der Waals surface area contributed by atoms with Crippen LogP contribution in [-0.2, 0) is 31.9 Å². The fraction of sp³-hybridized carbons (Fsp3) is 0.138. The minimum atomic E-state index is -2.67. The fourth-order valence-electron chi connectivity index (χ4n) is 8.84. The standard InChI is InChI=1S/C65H54N4O.Pt/c1-44-18-14-15-25-54(44)61-42-67(43-68(61)63-55(46-19-10-8-11-20-46)26-17-27-56(63)47-21-12-9-13-22-47)51-23-16-24-52(40-51)70-53-33-34-57-58-38-48(45-28-31-49(32-29-45)64(2,3)4)30-35-59(58)69(60(57)41-53)62-39-50(36-37-66-62)65(5,6)7;/h8-39,42H,1-7H3;/q-2;/i1D3,8D,9D,10D,11D,12D,13D,19D,20D,21D,22D;. The third-order valence-electron chi connectivity index (χ3n) is 12.5. The maximum atomic E-state index is 9.14. The molecule has 0 fully saturated rings. The summed E-state index contributed by atoms with van der Waals surface area (Å²) in [6.45, 7) is 10.4. The average molecular weight is 1120 g/mol. The van der Waals surface area contributed by atoms with Crippen molar-refractivity contribution in [3.05, 3.63) is 235 Å². The van der Waals surface area contributed by atoms with Crippen LogP contribution in [0.4, 0.5) is 0 Å². The molecule has 3 heterocycles. The molecule has 11 rings (SSSR count). The van der Waals surface area contributed by atoms with Crippen LogP contribution in [0.15, 0.2) is 200 Å². The van der Waals surface area contributed by atoms with Crippen molar-refractivity contribution in [3.63, 3.8) is 0 Å². The van der Waals surface area contributed by atoms with Crippen LogP contribution >= 0.6 is 0 Å². The van der Waals surface area contributed by atoms with Crippen LogP contribution in [0.5, 0.6) is 11.5 Å². The van der Waals surface area contributed by atoms with E-state index < -0.39 is 67.3 Å². The van der Waals surface area contributed by atoms with Gasteiger partial charge in [-0.1, -0.05) is 186 Å². The number of para-hydroxylation sites is 1. The van der Waals surface area contributed by atoms with Crippen molar-refractivity contribution in [1.82, 2.24) is 14.1 Å². The summed E-state index contributed by atoms with van der Waals surface area (Å²) in [5, 5.41) is 1.91. The normalized spacial score (nSPS) is 14.5. The Kier molecular flexibility index (Phi) is 9.04. The van der Waals surface area contributed by atoms with Gasteiger partial charge in [-0.05, 0) is 103 Å². The predicted octanol–water partition coefficient (Wildman–Crippen LogP) is 16.0.